The molecule has 0 aromatic carbocycles. The minimum absolute atomic E-state index is 0.321. The van der Waals surface area contributed by atoms with Crippen molar-refractivity contribution in [2.75, 3.05) is 0 Å². The molecule has 0 saturated carbocycles. The fourth-order valence-electron chi connectivity index (χ4n) is 1.52. The maximum absolute atomic E-state index is 11.1. The van der Waals surface area contributed by atoms with Crippen LogP contribution in [-0.4, -0.2) is 21.0 Å². The number of hydrogen-bond donors (Lipinski definition) is 1. The number of rotatable bonds is 4. The number of carboxylic acid groups (broad SMARTS) is 1. The van der Waals surface area contributed by atoms with E-state index in [0.29, 0.717) is 12.2 Å². The zero-order valence-corrected chi connectivity index (χ0v) is 11.1. The van der Waals surface area contributed by atoms with E-state index in [1.807, 2.05) is 23.6 Å². The van der Waals surface area contributed by atoms with Gasteiger partial charge in [-0.1, -0.05) is 6.07 Å². The van der Waals surface area contributed by atoms with Crippen LogP contribution in [0.1, 0.15) is 19.7 Å². The third-order valence-corrected chi connectivity index (χ3v) is 3.55. The zero-order chi connectivity index (χ0) is 13.2. The fourth-order valence-corrected chi connectivity index (χ4v) is 2.21. The first-order chi connectivity index (χ1) is 8.49. The second-order valence-electron chi connectivity index (χ2n) is 4.70. The van der Waals surface area contributed by atoms with E-state index >= 15 is 0 Å². The number of nitrogens with zero attached hydrogens (tertiary/aromatic N) is 2. The second kappa shape index (κ2) is 4.86. The van der Waals surface area contributed by atoms with Gasteiger partial charge < -0.3 is 5.11 Å². The van der Waals surface area contributed by atoms with Crippen molar-refractivity contribution in [2.24, 2.45) is 5.41 Å². The summed E-state index contributed by atoms with van der Waals surface area (Å²) >= 11 is 1.60. The van der Waals surface area contributed by atoms with Crippen molar-refractivity contribution in [1.82, 2.24) is 9.97 Å². The molecule has 0 atom stereocenters. The molecular weight excluding hydrogens is 248 g/mol. The fraction of sp³-hybridized carbons (Fsp3) is 0.308. The summed E-state index contributed by atoms with van der Waals surface area (Å²) in [6, 6.07) is 5.78. The van der Waals surface area contributed by atoms with Gasteiger partial charge >= 0.3 is 5.97 Å². The van der Waals surface area contributed by atoms with Crippen LogP contribution < -0.4 is 0 Å². The standard InChI is InChI=1S/C13H14N2O2S/c1-13(2,12(16)17)8-11-14-6-5-9(15-11)10-4-3-7-18-10/h3-7H,8H2,1-2H3,(H,16,17). The zero-order valence-electron chi connectivity index (χ0n) is 10.3. The highest BCUT2D eigenvalue weighted by Gasteiger charge is 2.28. The Kier molecular flexibility index (Phi) is 3.43. The molecule has 94 valence electrons. The first-order valence-electron chi connectivity index (χ1n) is 5.58. The van der Waals surface area contributed by atoms with Crippen LogP contribution in [0.4, 0.5) is 0 Å². The summed E-state index contributed by atoms with van der Waals surface area (Å²) < 4.78 is 0. The maximum atomic E-state index is 11.1. The van der Waals surface area contributed by atoms with Gasteiger partial charge in [0.25, 0.3) is 0 Å². The number of aliphatic carboxylic acids is 1. The number of thiophene rings is 1. The molecule has 0 unspecified atom stereocenters. The molecule has 2 heterocycles. The number of carboxylic acids is 1. The molecule has 2 rings (SSSR count). The summed E-state index contributed by atoms with van der Waals surface area (Å²) in [5.41, 5.74) is -0.00941. The maximum Gasteiger partial charge on any atom is 0.309 e. The predicted molar refractivity (Wildman–Crippen MR) is 70.5 cm³/mol. The van der Waals surface area contributed by atoms with Crippen LogP contribution in [0, 0.1) is 5.41 Å². The Morgan fingerprint density at radius 1 is 1.44 bits per heavy atom. The van der Waals surface area contributed by atoms with Crippen molar-refractivity contribution in [2.45, 2.75) is 20.3 Å². The second-order valence-corrected chi connectivity index (χ2v) is 5.65. The Labute approximate surface area is 109 Å². The molecule has 0 fully saturated rings. The predicted octanol–water partition coefficient (Wildman–Crippen LogP) is 2.86. The quantitative estimate of drug-likeness (QED) is 0.920. The Balaban J connectivity index is 2.26. The normalized spacial score (nSPS) is 11.4. The lowest BCUT2D eigenvalue weighted by molar-refractivity contribution is -0.146. The summed E-state index contributed by atoms with van der Waals surface area (Å²) in [5.74, 6) is -0.277. The molecule has 1 N–H and O–H groups in total. The first kappa shape index (κ1) is 12.7. The summed E-state index contributed by atoms with van der Waals surface area (Å²) in [4.78, 5) is 20.7. The molecule has 0 amide bonds. The van der Waals surface area contributed by atoms with Gasteiger partial charge in [-0.3, -0.25) is 4.79 Å². The molecule has 0 aliphatic rings. The van der Waals surface area contributed by atoms with E-state index in [0.717, 1.165) is 10.6 Å². The topological polar surface area (TPSA) is 63.1 Å². The lowest BCUT2D eigenvalue weighted by Gasteiger charge is -2.17. The Morgan fingerprint density at radius 3 is 2.83 bits per heavy atom. The molecule has 0 aliphatic carbocycles. The first-order valence-corrected chi connectivity index (χ1v) is 6.46. The molecule has 0 bridgehead atoms. The van der Waals surface area contributed by atoms with E-state index in [-0.39, 0.29) is 0 Å². The monoisotopic (exact) mass is 262 g/mol. The molecule has 2 aromatic rings. The molecule has 0 radical (unpaired) electrons. The summed E-state index contributed by atoms with van der Waals surface area (Å²) in [5, 5.41) is 11.1. The van der Waals surface area contributed by atoms with E-state index in [4.69, 9.17) is 5.11 Å². The SMILES string of the molecule is CC(C)(Cc1nccc(-c2cccs2)n1)C(=O)O. The van der Waals surface area contributed by atoms with Crippen molar-refractivity contribution in [3.8, 4) is 10.6 Å². The van der Waals surface area contributed by atoms with Crippen molar-refractivity contribution in [1.29, 1.82) is 0 Å². The van der Waals surface area contributed by atoms with Crippen LogP contribution in [0.25, 0.3) is 10.6 Å². The number of hydrogen-bond acceptors (Lipinski definition) is 4. The molecule has 18 heavy (non-hydrogen) atoms. The molecule has 4 nitrogen and oxygen atoms in total. The van der Waals surface area contributed by atoms with Crippen LogP contribution in [0.2, 0.25) is 0 Å². The van der Waals surface area contributed by atoms with E-state index < -0.39 is 11.4 Å². The van der Waals surface area contributed by atoms with Gasteiger partial charge in [0.05, 0.1) is 16.0 Å². The highest BCUT2D eigenvalue weighted by atomic mass is 32.1. The summed E-state index contributed by atoms with van der Waals surface area (Å²) in [6.45, 7) is 3.35. The van der Waals surface area contributed by atoms with E-state index in [2.05, 4.69) is 9.97 Å². The molecule has 0 spiro atoms. The van der Waals surface area contributed by atoms with E-state index in [1.54, 1.807) is 31.4 Å². The largest absolute Gasteiger partial charge is 0.481 e. The molecular formula is C13H14N2O2S. The minimum atomic E-state index is -0.853. The van der Waals surface area contributed by atoms with Crippen molar-refractivity contribution in [3.63, 3.8) is 0 Å². The minimum Gasteiger partial charge on any atom is -0.481 e. The van der Waals surface area contributed by atoms with E-state index in [9.17, 15) is 4.79 Å². The van der Waals surface area contributed by atoms with Crippen LogP contribution in [-0.2, 0) is 11.2 Å². The Hall–Kier alpha value is -1.75. The summed E-state index contributed by atoms with van der Waals surface area (Å²) in [6.07, 6.45) is 2.00. The molecule has 5 heteroatoms. The van der Waals surface area contributed by atoms with Crippen LogP contribution >= 0.6 is 11.3 Å². The lowest BCUT2D eigenvalue weighted by Crippen LogP contribution is -2.27. The van der Waals surface area contributed by atoms with Gasteiger partial charge in [-0.2, -0.15) is 0 Å². The van der Waals surface area contributed by atoms with Crippen LogP contribution in [0.3, 0.4) is 0 Å². The van der Waals surface area contributed by atoms with Crippen LogP contribution in [0.5, 0.6) is 0 Å². The smallest absolute Gasteiger partial charge is 0.309 e. The van der Waals surface area contributed by atoms with Gasteiger partial charge in [0.15, 0.2) is 0 Å². The summed E-state index contributed by atoms with van der Waals surface area (Å²) in [7, 11) is 0. The van der Waals surface area contributed by atoms with Gasteiger partial charge in [0.1, 0.15) is 5.82 Å². The van der Waals surface area contributed by atoms with Gasteiger partial charge in [-0.05, 0) is 31.4 Å². The van der Waals surface area contributed by atoms with Gasteiger partial charge in [0, 0.05) is 12.6 Å². The lowest BCUT2D eigenvalue weighted by atomic mass is 9.89. The van der Waals surface area contributed by atoms with E-state index in [1.165, 1.54) is 0 Å². The third kappa shape index (κ3) is 2.73. The molecule has 2 aromatic heterocycles. The molecule has 0 aliphatic heterocycles. The third-order valence-electron chi connectivity index (χ3n) is 2.66. The Bertz CT molecular complexity index is 550. The van der Waals surface area contributed by atoms with Crippen LogP contribution in [0.15, 0.2) is 29.8 Å². The van der Waals surface area contributed by atoms with Crippen molar-refractivity contribution >= 4 is 17.3 Å². The van der Waals surface area contributed by atoms with Gasteiger partial charge in [0.2, 0.25) is 0 Å². The number of carbonyl (C=O) groups is 1. The molecule has 0 saturated heterocycles. The van der Waals surface area contributed by atoms with Crippen molar-refractivity contribution < 1.29 is 9.90 Å². The van der Waals surface area contributed by atoms with Crippen molar-refractivity contribution in [3.05, 3.63) is 35.6 Å². The Morgan fingerprint density at radius 2 is 2.22 bits per heavy atom. The average molecular weight is 262 g/mol. The van der Waals surface area contributed by atoms with Gasteiger partial charge in [-0.15, -0.1) is 11.3 Å². The van der Waals surface area contributed by atoms with Gasteiger partial charge in [-0.25, -0.2) is 9.97 Å². The number of aromatic nitrogens is 2. The highest BCUT2D eigenvalue weighted by molar-refractivity contribution is 7.13. The highest BCUT2D eigenvalue weighted by Crippen LogP contribution is 2.24. The average Bonchev–Trinajstić information content (AvgIpc) is 2.82.